The van der Waals surface area contributed by atoms with E-state index < -0.39 is 0 Å². The van der Waals surface area contributed by atoms with Gasteiger partial charge in [0.2, 0.25) is 0 Å². The van der Waals surface area contributed by atoms with Crippen LogP contribution in [0.3, 0.4) is 0 Å². The fraction of sp³-hybridized carbons (Fsp3) is 0.286. The lowest BCUT2D eigenvalue weighted by Gasteiger charge is -2.18. The molecule has 1 aliphatic rings. The van der Waals surface area contributed by atoms with Crippen LogP contribution >= 0.6 is 0 Å². The van der Waals surface area contributed by atoms with Gasteiger partial charge in [0.25, 0.3) is 0 Å². The van der Waals surface area contributed by atoms with Crippen molar-refractivity contribution in [1.29, 1.82) is 0 Å². The minimum Gasteiger partial charge on any atom is -0.497 e. The predicted molar refractivity (Wildman–Crippen MR) is 107 cm³/mol. The number of urea groups is 1. The van der Waals surface area contributed by atoms with Gasteiger partial charge in [-0.25, -0.2) is 9.78 Å². The minimum atomic E-state index is -0.176. The third-order valence-electron chi connectivity index (χ3n) is 4.76. The van der Waals surface area contributed by atoms with Gasteiger partial charge in [0, 0.05) is 30.8 Å². The summed E-state index contributed by atoms with van der Waals surface area (Å²) in [5, 5.41) is 10.2. The third-order valence-corrected chi connectivity index (χ3v) is 4.76. The number of H-pyrrole nitrogens is 1. The van der Waals surface area contributed by atoms with Gasteiger partial charge in [-0.05, 0) is 54.8 Å². The molecular formula is C21H23N5O2. The predicted octanol–water partition coefficient (Wildman–Crippen LogP) is 4.02. The number of aromatic nitrogens is 3. The van der Waals surface area contributed by atoms with Crippen LogP contribution in [0, 0.1) is 0 Å². The van der Waals surface area contributed by atoms with Crippen molar-refractivity contribution in [2.45, 2.75) is 25.3 Å². The van der Waals surface area contributed by atoms with Crippen LogP contribution in [-0.2, 0) is 6.54 Å². The highest BCUT2D eigenvalue weighted by atomic mass is 16.5. The molecule has 0 unspecified atom stereocenters. The van der Waals surface area contributed by atoms with Gasteiger partial charge in [0.05, 0.1) is 7.11 Å². The van der Waals surface area contributed by atoms with Crippen LogP contribution in [0.25, 0.3) is 11.4 Å². The largest absolute Gasteiger partial charge is 0.497 e. The van der Waals surface area contributed by atoms with Crippen LogP contribution < -0.4 is 10.1 Å². The Kier molecular flexibility index (Phi) is 4.97. The second kappa shape index (κ2) is 7.72. The Morgan fingerprint density at radius 1 is 1.25 bits per heavy atom. The van der Waals surface area contributed by atoms with Crippen LogP contribution in [0.15, 0.2) is 48.5 Å². The molecule has 2 amide bonds. The van der Waals surface area contributed by atoms with Gasteiger partial charge >= 0.3 is 6.03 Å². The number of anilines is 1. The summed E-state index contributed by atoms with van der Waals surface area (Å²) < 4.78 is 5.23. The number of hydrogen-bond acceptors (Lipinski definition) is 4. The zero-order valence-corrected chi connectivity index (χ0v) is 16.0. The molecule has 7 heteroatoms. The molecule has 1 fully saturated rings. The number of carbonyl (C=O) groups excluding carboxylic acids is 1. The number of amides is 2. The van der Waals surface area contributed by atoms with Gasteiger partial charge in [-0.2, -0.15) is 5.10 Å². The average molecular weight is 377 g/mol. The molecule has 4 rings (SSSR count). The van der Waals surface area contributed by atoms with E-state index in [2.05, 4.69) is 20.5 Å². The average Bonchev–Trinajstić information content (AvgIpc) is 3.45. The fourth-order valence-electron chi connectivity index (χ4n) is 2.98. The maximum atomic E-state index is 12.5. The first kappa shape index (κ1) is 18.0. The highest BCUT2D eigenvalue weighted by Gasteiger charge is 2.27. The molecule has 0 spiro atoms. The molecule has 1 saturated carbocycles. The highest BCUT2D eigenvalue weighted by Crippen LogP contribution is 2.38. The highest BCUT2D eigenvalue weighted by molar-refractivity contribution is 5.89. The van der Waals surface area contributed by atoms with Gasteiger partial charge in [-0.15, -0.1) is 0 Å². The van der Waals surface area contributed by atoms with E-state index in [1.165, 1.54) is 12.8 Å². The van der Waals surface area contributed by atoms with E-state index in [1.807, 2.05) is 48.5 Å². The lowest BCUT2D eigenvalue weighted by atomic mass is 10.2. The van der Waals surface area contributed by atoms with Crippen molar-refractivity contribution >= 4 is 11.7 Å². The van der Waals surface area contributed by atoms with Crippen molar-refractivity contribution in [3.05, 3.63) is 59.9 Å². The maximum Gasteiger partial charge on any atom is 0.321 e. The number of nitrogens with zero attached hydrogens (tertiary/aromatic N) is 3. The second-order valence-corrected chi connectivity index (χ2v) is 7.03. The first-order chi connectivity index (χ1) is 13.6. The molecule has 1 aromatic heterocycles. The minimum absolute atomic E-state index is 0.176. The van der Waals surface area contributed by atoms with Crippen molar-refractivity contribution in [3.8, 4) is 17.1 Å². The van der Waals surface area contributed by atoms with E-state index >= 15 is 0 Å². The first-order valence-electron chi connectivity index (χ1n) is 9.30. The van der Waals surface area contributed by atoms with Gasteiger partial charge in [0.15, 0.2) is 5.82 Å². The number of methoxy groups -OCH3 is 1. The summed E-state index contributed by atoms with van der Waals surface area (Å²) in [5.41, 5.74) is 2.65. The van der Waals surface area contributed by atoms with E-state index in [9.17, 15) is 4.79 Å². The number of nitrogens with one attached hydrogen (secondary N) is 2. The topological polar surface area (TPSA) is 83.1 Å². The van der Waals surface area contributed by atoms with E-state index in [0.717, 1.165) is 28.4 Å². The molecule has 0 bridgehead atoms. The van der Waals surface area contributed by atoms with E-state index in [1.54, 1.807) is 19.1 Å². The van der Waals surface area contributed by atoms with Crippen LogP contribution in [0.5, 0.6) is 5.75 Å². The second-order valence-electron chi connectivity index (χ2n) is 7.03. The molecule has 144 valence electrons. The lowest BCUT2D eigenvalue weighted by Crippen LogP contribution is -2.30. The Hall–Kier alpha value is -3.35. The quantitative estimate of drug-likeness (QED) is 0.680. The number of aromatic amines is 1. The molecule has 28 heavy (non-hydrogen) atoms. The van der Waals surface area contributed by atoms with Crippen molar-refractivity contribution in [1.82, 2.24) is 20.1 Å². The fourth-order valence-corrected chi connectivity index (χ4v) is 2.98. The van der Waals surface area contributed by atoms with Gasteiger partial charge in [0.1, 0.15) is 11.6 Å². The molecule has 1 heterocycles. The molecular weight excluding hydrogens is 354 g/mol. The summed E-state index contributed by atoms with van der Waals surface area (Å²) >= 11 is 0. The third kappa shape index (κ3) is 4.14. The summed E-state index contributed by atoms with van der Waals surface area (Å²) in [4.78, 5) is 18.6. The Morgan fingerprint density at radius 3 is 2.75 bits per heavy atom. The molecule has 0 radical (unpaired) electrons. The molecule has 0 atom stereocenters. The molecule has 0 saturated heterocycles. The molecule has 7 nitrogen and oxygen atoms in total. The van der Waals surface area contributed by atoms with Crippen molar-refractivity contribution < 1.29 is 9.53 Å². The normalized spacial score (nSPS) is 13.2. The summed E-state index contributed by atoms with van der Waals surface area (Å²) in [7, 11) is 3.39. The molecule has 2 aromatic carbocycles. The standard InChI is InChI=1S/C21H23N5O2/c1-26(13-14-4-3-5-18(12-14)28-2)21(27)22-17-10-8-16(9-11-17)20-23-19(24-25-20)15-6-7-15/h3-5,8-12,15H,6-7,13H2,1-2H3,(H,22,27)(H,23,24,25). The first-order valence-corrected chi connectivity index (χ1v) is 9.30. The van der Waals surface area contributed by atoms with E-state index in [4.69, 9.17) is 4.74 Å². The Bertz CT molecular complexity index is 963. The molecule has 2 N–H and O–H groups in total. The summed E-state index contributed by atoms with van der Waals surface area (Å²) in [5.74, 6) is 2.97. The van der Waals surface area contributed by atoms with Gasteiger partial charge < -0.3 is 15.0 Å². The molecule has 0 aliphatic heterocycles. The number of hydrogen-bond donors (Lipinski definition) is 2. The number of carbonyl (C=O) groups is 1. The van der Waals surface area contributed by atoms with Crippen LogP contribution in [0.2, 0.25) is 0 Å². The van der Waals surface area contributed by atoms with Crippen LogP contribution in [0.1, 0.15) is 30.1 Å². The monoisotopic (exact) mass is 377 g/mol. The number of rotatable bonds is 6. The van der Waals surface area contributed by atoms with Gasteiger partial charge in [-0.1, -0.05) is 12.1 Å². The summed E-state index contributed by atoms with van der Waals surface area (Å²) in [6.07, 6.45) is 2.37. The van der Waals surface area contributed by atoms with Crippen LogP contribution in [0.4, 0.5) is 10.5 Å². The molecule has 1 aliphatic carbocycles. The van der Waals surface area contributed by atoms with Crippen LogP contribution in [-0.4, -0.2) is 40.3 Å². The number of benzene rings is 2. The van der Waals surface area contributed by atoms with Gasteiger partial charge in [-0.3, -0.25) is 5.10 Å². The van der Waals surface area contributed by atoms with Crippen molar-refractivity contribution in [3.63, 3.8) is 0 Å². The Labute approximate surface area is 163 Å². The van der Waals surface area contributed by atoms with Crippen molar-refractivity contribution in [2.75, 3.05) is 19.5 Å². The lowest BCUT2D eigenvalue weighted by molar-refractivity contribution is 0.220. The number of ether oxygens (including phenoxy) is 1. The Morgan fingerprint density at radius 2 is 2.04 bits per heavy atom. The summed E-state index contributed by atoms with van der Waals surface area (Å²) in [6.45, 7) is 0.488. The summed E-state index contributed by atoms with van der Waals surface area (Å²) in [6, 6.07) is 15.1. The van der Waals surface area contributed by atoms with E-state index in [-0.39, 0.29) is 6.03 Å². The Balaban J connectivity index is 1.36. The zero-order valence-electron chi connectivity index (χ0n) is 16.0. The zero-order chi connectivity index (χ0) is 19.5. The maximum absolute atomic E-state index is 12.5. The molecule has 3 aromatic rings. The van der Waals surface area contributed by atoms with E-state index in [0.29, 0.717) is 18.3 Å². The van der Waals surface area contributed by atoms with Crippen molar-refractivity contribution in [2.24, 2.45) is 0 Å². The SMILES string of the molecule is COc1cccc(CN(C)C(=O)Nc2ccc(-c3n[nH]c(C4CC4)n3)cc2)c1. The smallest absolute Gasteiger partial charge is 0.321 e.